The van der Waals surface area contributed by atoms with Crippen molar-refractivity contribution in [3.05, 3.63) is 76.2 Å². The van der Waals surface area contributed by atoms with Gasteiger partial charge in [0.2, 0.25) is 0 Å². The molecule has 0 radical (unpaired) electrons. The number of aromatic nitrogens is 3. The third-order valence-corrected chi connectivity index (χ3v) is 5.84. The number of anilines is 1. The highest BCUT2D eigenvalue weighted by Crippen LogP contribution is 2.28. The first-order valence-corrected chi connectivity index (χ1v) is 12.0. The Kier molecular flexibility index (Phi) is 7.32. The summed E-state index contributed by atoms with van der Waals surface area (Å²) in [4.78, 5) is 31.6. The number of hydrogen-bond acceptors (Lipinski definition) is 5. The van der Waals surface area contributed by atoms with Crippen molar-refractivity contribution in [3.8, 4) is 11.8 Å². The van der Waals surface area contributed by atoms with Crippen LogP contribution in [0.1, 0.15) is 60.4 Å². The summed E-state index contributed by atoms with van der Waals surface area (Å²) in [6, 6.07) is 11.3. The predicted molar refractivity (Wildman–Crippen MR) is 138 cm³/mol. The summed E-state index contributed by atoms with van der Waals surface area (Å²) < 4.78 is 7.05. The van der Waals surface area contributed by atoms with E-state index in [1.807, 2.05) is 64.1 Å². The minimum atomic E-state index is -0.581. The van der Waals surface area contributed by atoms with Gasteiger partial charge in [-0.25, -0.2) is 9.78 Å². The Bertz CT molecular complexity index is 1330. The topological polar surface area (TPSA) is 89.4 Å². The van der Waals surface area contributed by atoms with E-state index in [2.05, 4.69) is 27.2 Å². The summed E-state index contributed by atoms with van der Waals surface area (Å²) in [5, 5.41) is 7.39. The summed E-state index contributed by atoms with van der Waals surface area (Å²) in [5.74, 6) is 6.18. The molecule has 0 aliphatic carbocycles. The van der Waals surface area contributed by atoms with E-state index in [9.17, 15) is 9.59 Å². The first-order valence-electron chi connectivity index (χ1n) is 11.7. The van der Waals surface area contributed by atoms with E-state index >= 15 is 0 Å². The van der Waals surface area contributed by atoms with Gasteiger partial charge in [0.05, 0.1) is 17.3 Å². The maximum absolute atomic E-state index is 13.2. The molecule has 3 heterocycles. The molecule has 1 aromatic carbocycles. The summed E-state index contributed by atoms with van der Waals surface area (Å²) >= 11 is 6.35. The van der Waals surface area contributed by atoms with Crippen LogP contribution in [0.15, 0.2) is 48.8 Å². The van der Waals surface area contributed by atoms with Gasteiger partial charge in [0, 0.05) is 30.4 Å². The van der Waals surface area contributed by atoms with Gasteiger partial charge >= 0.3 is 6.09 Å². The summed E-state index contributed by atoms with van der Waals surface area (Å²) in [6.07, 6.45) is 3.30. The minimum absolute atomic E-state index is 0.199. The number of amides is 2. The molecule has 36 heavy (non-hydrogen) atoms. The molecule has 0 bridgehead atoms. The second-order valence-electron chi connectivity index (χ2n) is 9.61. The van der Waals surface area contributed by atoms with E-state index in [-0.39, 0.29) is 22.9 Å². The maximum atomic E-state index is 13.2. The Morgan fingerprint density at radius 3 is 2.56 bits per heavy atom. The lowest BCUT2D eigenvalue weighted by molar-refractivity contribution is 0.0288. The maximum Gasteiger partial charge on any atom is 0.410 e. The molecule has 1 atom stereocenters. The molecule has 0 unspecified atom stereocenters. The molecule has 1 aliphatic heterocycles. The summed E-state index contributed by atoms with van der Waals surface area (Å²) in [5.41, 5.74) is 2.06. The Balaban J connectivity index is 1.47. The van der Waals surface area contributed by atoms with Gasteiger partial charge in [-0.05, 0) is 57.9 Å². The van der Waals surface area contributed by atoms with Crippen LogP contribution in [-0.2, 0) is 4.74 Å². The Morgan fingerprint density at radius 2 is 1.86 bits per heavy atom. The summed E-state index contributed by atoms with van der Waals surface area (Å²) in [6.45, 7) is 8.21. The van der Waals surface area contributed by atoms with Crippen molar-refractivity contribution in [1.29, 1.82) is 0 Å². The molecular weight excluding hydrogens is 478 g/mol. The lowest BCUT2D eigenvalue weighted by atomic mass is 10.1. The van der Waals surface area contributed by atoms with Crippen molar-refractivity contribution in [3.63, 3.8) is 0 Å². The predicted octanol–water partition coefficient (Wildman–Crippen LogP) is 5.07. The molecule has 1 saturated heterocycles. The number of carbonyl (C=O) groups excluding carboxylic acids is 2. The number of benzene rings is 1. The quantitative estimate of drug-likeness (QED) is 0.502. The number of halogens is 1. The average Bonchev–Trinajstić information content (AvgIpc) is 3.46. The van der Waals surface area contributed by atoms with Crippen molar-refractivity contribution < 1.29 is 14.3 Å². The van der Waals surface area contributed by atoms with Crippen LogP contribution >= 0.6 is 11.6 Å². The molecule has 8 nitrogen and oxygen atoms in total. The van der Waals surface area contributed by atoms with Crippen LogP contribution in [0.5, 0.6) is 0 Å². The second kappa shape index (κ2) is 10.4. The Morgan fingerprint density at radius 1 is 1.14 bits per heavy atom. The highest BCUT2D eigenvalue weighted by Gasteiger charge is 2.33. The van der Waals surface area contributed by atoms with Gasteiger partial charge in [0.1, 0.15) is 17.1 Å². The van der Waals surface area contributed by atoms with Gasteiger partial charge in [-0.1, -0.05) is 41.6 Å². The van der Waals surface area contributed by atoms with E-state index in [0.29, 0.717) is 25.3 Å². The lowest BCUT2D eigenvalue weighted by Gasteiger charge is -2.24. The molecule has 1 fully saturated rings. The molecular formula is C27H28ClN5O3. The van der Waals surface area contributed by atoms with Gasteiger partial charge in [0.25, 0.3) is 5.91 Å². The largest absolute Gasteiger partial charge is 0.444 e. The Hall–Kier alpha value is -3.83. The molecule has 9 heteroatoms. The SMILES string of the molecule is Cc1cc(C#Cc2ccccc2)cnc1NC(=O)c1c(Cl)cnn1[C@H]1CCN(C(=O)OC(C)(C)C)C1. The first kappa shape index (κ1) is 25.3. The third-order valence-electron chi connectivity index (χ3n) is 5.56. The highest BCUT2D eigenvalue weighted by molar-refractivity contribution is 6.34. The molecule has 4 rings (SSSR count). The van der Waals surface area contributed by atoms with Crippen molar-refractivity contribution in [1.82, 2.24) is 19.7 Å². The number of nitrogens with one attached hydrogen (secondary N) is 1. The first-order chi connectivity index (χ1) is 17.1. The second-order valence-corrected chi connectivity index (χ2v) is 10.0. The van der Waals surface area contributed by atoms with Crippen molar-refractivity contribution in [2.24, 2.45) is 0 Å². The molecule has 3 aromatic rings. The molecule has 0 saturated carbocycles. The molecule has 2 aromatic heterocycles. The van der Waals surface area contributed by atoms with Gasteiger partial charge < -0.3 is 15.0 Å². The molecule has 2 amide bonds. The van der Waals surface area contributed by atoms with E-state index < -0.39 is 11.5 Å². The van der Waals surface area contributed by atoms with E-state index in [1.165, 1.54) is 6.20 Å². The number of pyridine rings is 1. The molecule has 1 aliphatic rings. The van der Waals surface area contributed by atoms with Gasteiger partial charge in [-0.2, -0.15) is 5.10 Å². The zero-order valence-electron chi connectivity index (χ0n) is 20.7. The highest BCUT2D eigenvalue weighted by atomic mass is 35.5. The fraction of sp³-hybridized carbons (Fsp3) is 0.333. The number of nitrogens with zero attached hydrogens (tertiary/aromatic N) is 4. The van der Waals surface area contributed by atoms with E-state index in [1.54, 1.807) is 15.8 Å². The standard InChI is InChI=1S/C27H28ClN5O3/c1-18-14-20(11-10-19-8-6-5-7-9-19)15-29-24(18)31-25(34)23-22(28)16-30-33(23)21-12-13-32(17-21)26(35)36-27(2,3)4/h5-9,14-16,21H,12-13,17H2,1-4H3,(H,29,31,34)/t21-/m0/s1. The van der Waals surface area contributed by atoms with E-state index in [0.717, 1.165) is 16.7 Å². The van der Waals surface area contributed by atoms with Crippen LogP contribution in [-0.4, -0.2) is 50.4 Å². The summed E-state index contributed by atoms with van der Waals surface area (Å²) in [7, 11) is 0. The van der Waals surface area contributed by atoms with E-state index in [4.69, 9.17) is 16.3 Å². The van der Waals surface area contributed by atoms with Crippen LogP contribution in [0.25, 0.3) is 0 Å². The number of hydrogen-bond donors (Lipinski definition) is 1. The number of likely N-dealkylation sites (tertiary alicyclic amines) is 1. The van der Waals surface area contributed by atoms with Gasteiger partial charge in [-0.15, -0.1) is 0 Å². The fourth-order valence-electron chi connectivity index (χ4n) is 3.87. The van der Waals surface area contributed by atoms with Gasteiger partial charge in [0.15, 0.2) is 0 Å². The normalized spacial score (nSPS) is 15.2. The molecule has 186 valence electrons. The number of carbonyl (C=O) groups is 2. The zero-order chi connectivity index (χ0) is 25.9. The zero-order valence-corrected chi connectivity index (χ0v) is 21.5. The Labute approximate surface area is 215 Å². The fourth-order valence-corrected chi connectivity index (χ4v) is 4.09. The molecule has 0 spiro atoms. The number of aryl methyl sites for hydroxylation is 1. The third kappa shape index (κ3) is 6.04. The minimum Gasteiger partial charge on any atom is -0.444 e. The van der Waals surface area contributed by atoms with Crippen molar-refractivity contribution in [2.45, 2.75) is 45.8 Å². The lowest BCUT2D eigenvalue weighted by Crippen LogP contribution is -2.35. The van der Waals surface area contributed by atoms with Crippen LogP contribution in [0, 0.1) is 18.8 Å². The van der Waals surface area contributed by atoms with Crippen LogP contribution < -0.4 is 5.32 Å². The van der Waals surface area contributed by atoms with Crippen LogP contribution in [0.3, 0.4) is 0 Å². The van der Waals surface area contributed by atoms with Gasteiger partial charge in [-0.3, -0.25) is 9.48 Å². The van der Waals surface area contributed by atoms with Crippen LogP contribution in [0.2, 0.25) is 5.02 Å². The number of rotatable bonds is 3. The monoisotopic (exact) mass is 505 g/mol. The molecule has 1 N–H and O–H groups in total. The van der Waals surface area contributed by atoms with Crippen molar-refractivity contribution in [2.75, 3.05) is 18.4 Å². The average molecular weight is 506 g/mol. The van der Waals surface area contributed by atoms with Crippen molar-refractivity contribution >= 4 is 29.4 Å². The number of ether oxygens (including phenoxy) is 1. The smallest absolute Gasteiger partial charge is 0.410 e. The van der Waals surface area contributed by atoms with Crippen LogP contribution in [0.4, 0.5) is 10.6 Å².